The van der Waals surface area contributed by atoms with Crippen molar-refractivity contribution < 1.29 is 9.59 Å². The van der Waals surface area contributed by atoms with Gasteiger partial charge in [0, 0.05) is 51.5 Å². The highest BCUT2D eigenvalue weighted by atomic mass is 16.2. The summed E-state index contributed by atoms with van der Waals surface area (Å²) in [5.74, 6) is 1.17. The predicted molar refractivity (Wildman–Crippen MR) is 101 cm³/mol. The largest absolute Gasteiger partial charge is 0.343 e. The summed E-state index contributed by atoms with van der Waals surface area (Å²) < 4.78 is 0. The maximum atomic E-state index is 13.2. The van der Waals surface area contributed by atoms with E-state index in [4.69, 9.17) is 0 Å². The Morgan fingerprint density at radius 1 is 1.15 bits per heavy atom. The summed E-state index contributed by atoms with van der Waals surface area (Å²) in [6.45, 7) is 4.03. The Hall–Kier alpha value is -2.02. The molecule has 7 nitrogen and oxygen atoms in total. The highest BCUT2D eigenvalue weighted by Crippen LogP contribution is 2.36. The van der Waals surface area contributed by atoms with Gasteiger partial charge in [-0.15, -0.1) is 0 Å². The smallest absolute Gasteiger partial charge is 0.243 e. The summed E-state index contributed by atoms with van der Waals surface area (Å²) in [4.78, 5) is 40.1. The first-order chi connectivity index (χ1) is 13.1. The average molecular weight is 371 g/mol. The zero-order valence-electron chi connectivity index (χ0n) is 16.1. The third-order valence-corrected chi connectivity index (χ3v) is 6.48. The summed E-state index contributed by atoms with van der Waals surface area (Å²) in [5, 5.41) is 0. The molecule has 0 N–H and O–H groups in total. The SMILES string of the molecule is CN1CCN(CC2CC2)C(=O)C12CCN(C(=O)CCc1cncnc1)CC2. The molecule has 2 aliphatic heterocycles. The highest BCUT2D eigenvalue weighted by molar-refractivity contribution is 5.88. The van der Waals surface area contributed by atoms with Crippen LogP contribution in [0.1, 0.15) is 37.7 Å². The van der Waals surface area contributed by atoms with Gasteiger partial charge in [-0.1, -0.05) is 0 Å². The Balaban J connectivity index is 1.33. The molecule has 0 atom stereocenters. The van der Waals surface area contributed by atoms with E-state index in [9.17, 15) is 9.59 Å². The molecule has 7 heteroatoms. The van der Waals surface area contributed by atoms with E-state index in [2.05, 4.69) is 26.8 Å². The molecule has 2 amide bonds. The van der Waals surface area contributed by atoms with Crippen molar-refractivity contribution in [2.75, 3.05) is 39.8 Å². The predicted octanol–water partition coefficient (Wildman–Crippen LogP) is 0.954. The number of piperazine rings is 1. The van der Waals surface area contributed by atoms with Crippen molar-refractivity contribution >= 4 is 11.8 Å². The molecule has 1 saturated carbocycles. The molecule has 0 bridgehead atoms. The second kappa shape index (κ2) is 7.54. The Kier molecular flexibility index (Phi) is 5.12. The maximum Gasteiger partial charge on any atom is 0.243 e. The zero-order chi connectivity index (χ0) is 18.9. The van der Waals surface area contributed by atoms with Crippen LogP contribution in [0.5, 0.6) is 0 Å². The van der Waals surface area contributed by atoms with E-state index in [0.29, 0.717) is 25.9 Å². The molecule has 3 aliphatic rings. The van der Waals surface area contributed by atoms with E-state index in [1.54, 1.807) is 12.4 Å². The lowest BCUT2D eigenvalue weighted by Crippen LogP contribution is -2.68. The van der Waals surface area contributed by atoms with Gasteiger partial charge < -0.3 is 9.80 Å². The monoisotopic (exact) mass is 371 g/mol. The van der Waals surface area contributed by atoms with Crippen molar-refractivity contribution in [3.8, 4) is 0 Å². The molecule has 2 saturated heterocycles. The minimum Gasteiger partial charge on any atom is -0.343 e. The van der Waals surface area contributed by atoms with Gasteiger partial charge in [-0.05, 0) is 50.6 Å². The van der Waals surface area contributed by atoms with Crippen LogP contribution in [0.15, 0.2) is 18.7 Å². The van der Waals surface area contributed by atoms with Crippen LogP contribution in [0, 0.1) is 5.92 Å². The number of hydrogen-bond acceptors (Lipinski definition) is 5. The molecule has 1 aromatic rings. The van der Waals surface area contributed by atoms with Crippen LogP contribution in [0.2, 0.25) is 0 Å². The second-order valence-corrected chi connectivity index (χ2v) is 8.28. The van der Waals surface area contributed by atoms with Crippen molar-refractivity contribution in [1.29, 1.82) is 0 Å². The fourth-order valence-corrected chi connectivity index (χ4v) is 4.42. The van der Waals surface area contributed by atoms with Crippen LogP contribution in [-0.2, 0) is 16.0 Å². The van der Waals surface area contributed by atoms with E-state index in [0.717, 1.165) is 44.0 Å². The fraction of sp³-hybridized carbons (Fsp3) is 0.700. The van der Waals surface area contributed by atoms with Crippen molar-refractivity contribution in [1.82, 2.24) is 24.7 Å². The number of rotatable bonds is 5. The number of likely N-dealkylation sites (tertiary alicyclic amines) is 1. The second-order valence-electron chi connectivity index (χ2n) is 8.28. The molecule has 1 aliphatic carbocycles. The number of likely N-dealkylation sites (N-methyl/N-ethyl adjacent to an activating group) is 1. The summed E-state index contributed by atoms with van der Waals surface area (Å²) in [5.41, 5.74) is 0.578. The number of aromatic nitrogens is 2. The molecular formula is C20H29N5O2. The van der Waals surface area contributed by atoms with Crippen molar-refractivity contribution in [2.45, 2.75) is 44.1 Å². The molecule has 27 heavy (non-hydrogen) atoms. The van der Waals surface area contributed by atoms with Gasteiger partial charge in [0.25, 0.3) is 0 Å². The lowest BCUT2D eigenvalue weighted by Gasteiger charge is -2.51. The van der Waals surface area contributed by atoms with Gasteiger partial charge in [0.05, 0.1) is 0 Å². The van der Waals surface area contributed by atoms with Gasteiger partial charge in [-0.2, -0.15) is 0 Å². The van der Waals surface area contributed by atoms with E-state index in [1.165, 1.54) is 19.2 Å². The van der Waals surface area contributed by atoms with E-state index >= 15 is 0 Å². The molecular weight excluding hydrogens is 342 g/mol. The Morgan fingerprint density at radius 2 is 1.85 bits per heavy atom. The highest BCUT2D eigenvalue weighted by Gasteiger charge is 2.50. The molecule has 0 unspecified atom stereocenters. The molecule has 3 heterocycles. The summed E-state index contributed by atoms with van der Waals surface area (Å²) in [6, 6.07) is 0. The fourth-order valence-electron chi connectivity index (χ4n) is 4.42. The van der Waals surface area contributed by atoms with Gasteiger partial charge in [0.15, 0.2) is 0 Å². The van der Waals surface area contributed by atoms with Crippen molar-refractivity contribution in [3.05, 3.63) is 24.3 Å². The quantitative estimate of drug-likeness (QED) is 0.771. The van der Waals surface area contributed by atoms with Crippen LogP contribution in [0.25, 0.3) is 0 Å². The summed E-state index contributed by atoms with van der Waals surface area (Å²) in [6.07, 6.45) is 10.2. The minimum atomic E-state index is -0.406. The zero-order valence-corrected chi connectivity index (χ0v) is 16.1. The third-order valence-electron chi connectivity index (χ3n) is 6.48. The van der Waals surface area contributed by atoms with Crippen LogP contribution in [-0.4, -0.2) is 81.8 Å². The van der Waals surface area contributed by atoms with Crippen LogP contribution in [0.3, 0.4) is 0 Å². The Morgan fingerprint density at radius 3 is 2.52 bits per heavy atom. The first-order valence-corrected chi connectivity index (χ1v) is 10.1. The molecule has 0 aromatic carbocycles. The third kappa shape index (κ3) is 3.83. The lowest BCUT2D eigenvalue weighted by atomic mass is 9.82. The van der Waals surface area contributed by atoms with Gasteiger partial charge >= 0.3 is 0 Å². The minimum absolute atomic E-state index is 0.162. The molecule has 1 aromatic heterocycles. The number of nitrogens with zero attached hydrogens (tertiary/aromatic N) is 5. The number of hydrogen-bond donors (Lipinski definition) is 0. The summed E-state index contributed by atoms with van der Waals surface area (Å²) in [7, 11) is 2.07. The molecule has 0 radical (unpaired) electrons. The topological polar surface area (TPSA) is 69.6 Å². The number of aryl methyl sites for hydroxylation is 1. The number of amides is 2. The molecule has 4 rings (SSSR count). The van der Waals surface area contributed by atoms with Gasteiger partial charge in [-0.3, -0.25) is 14.5 Å². The molecule has 146 valence electrons. The molecule has 3 fully saturated rings. The van der Waals surface area contributed by atoms with E-state index < -0.39 is 5.54 Å². The first kappa shape index (κ1) is 18.3. The molecule has 1 spiro atoms. The van der Waals surface area contributed by atoms with Crippen LogP contribution in [0.4, 0.5) is 0 Å². The maximum absolute atomic E-state index is 13.2. The Labute approximate surface area is 160 Å². The average Bonchev–Trinajstić information content (AvgIpc) is 3.52. The van der Waals surface area contributed by atoms with Crippen molar-refractivity contribution in [2.24, 2.45) is 5.92 Å². The first-order valence-electron chi connectivity index (χ1n) is 10.1. The standard InChI is InChI=1S/C20H29N5O2/c1-23-10-11-25(14-16-2-3-16)19(27)20(23)6-8-24(9-7-20)18(26)5-4-17-12-21-15-22-13-17/h12-13,15-16H,2-11,14H2,1H3. The van der Waals surface area contributed by atoms with E-state index in [-0.39, 0.29) is 11.8 Å². The summed E-state index contributed by atoms with van der Waals surface area (Å²) >= 11 is 0. The normalized spacial score (nSPS) is 23.1. The van der Waals surface area contributed by atoms with Gasteiger partial charge in [0.1, 0.15) is 11.9 Å². The number of carbonyl (C=O) groups excluding carboxylic acids is 2. The van der Waals surface area contributed by atoms with Gasteiger partial charge in [0.2, 0.25) is 11.8 Å². The van der Waals surface area contributed by atoms with E-state index in [1.807, 2.05) is 4.90 Å². The number of carbonyl (C=O) groups is 2. The van der Waals surface area contributed by atoms with Crippen LogP contribution < -0.4 is 0 Å². The lowest BCUT2D eigenvalue weighted by molar-refractivity contribution is -0.156. The van der Waals surface area contributed by atoms with Gasteiger partial charge in [-0.25, -0.2) is 9.97 Å². The van der Waals surface area contributed by atoms with Crippen LogP contribution >= 0.6 is 0 Å². The van der Waals surface area contributed by atoms with Crippen molar-refractivity contribution in [3.63, 3.8) is 0 Å². The Bertz CT molecular complexity index is 683. The number of piperidine rings is 1.